The van der Waals surface area contributed by atoms with Crippen molar-refractivity contribution in [2.24, 2.45) is 0 Å². The van der Waals surface area contributed by atoms with E-state index in [9.17, 15) is 9.59 Å². The number of rotatable bonds is 6. The summed E-state index contributed by atoms with van der Waals surface area (Å²) < 4.78 is 15.4. The van der Waals surface area contributed by atoms with Gasteiger partial charge in [-0.25, -0.2) is 4.79 Å². The Morgan fingerprint density at radius 2 is 1.56 bits per heavy atom. The maximum atomic E-state index is 12.6. The molecule has 0 radical (unpaired) electrons. The van der Waals surface area contributed by atoms with Crippen LogP contribution in [0.25, 0.3) is 0 Å². The van der Waals surface area contributed by atoms with E-state index in [1.807, 2.05) is 60.7 Å². The molecule has 140 valence electrons. The van der Waals surface area contributed by atoms with Gasteiger partial charge in [0.2, 0.25) is 5.76 Å². The number of ether oxygens (including phenoxy) is 3. The summed E-state index contributed by atoms with van der Waals surface area (Å²) in [5.41, 5.74) is 1.87. The Kier molecular flexibility index (Phi) is 6.10. The zero-order valence-electron chi connectivity index (χ0n) is 15.0. The Morgan fingerprint density at radius 1 is 0.963 bits per heavy atom. The van der Waals surface area contributed by atoms with Crippen molar-refractivity contribution in [3.05, 3.63) is 83.8 Å². The third-order valence-corrected chi connectivity index (χ3v) is 4.06. The minimum absolute atomic E-state index is 0.0384. The lowest BCUT2D eigenvalue weighted by atomic mass is 9.98. The second kappa shape index (κ2) is 8.89. The third-order valence-electron chi connectivity index (χ3n) is 4.06. The van der Waals surface area contributed by atoms with Gasteiger partial charge in [-0.05, 0) is 18.1 Å². The van der Waals surface area contributed by atoms with Crippen molar-refractivity contribution in [2.45, 2.75) is 19.1 Å². The van der Waals surface area contributed by atoms with Gasteiger partial charge in [0, 0.05) is 0 Å². The fourth-order valence-corrected chi connectivity index (χ4v) is 2.66. The first-order valence-corrected chi connectivity index (χ1v) is 8.71. The summed E-state index contributed by atoms with van der Waals surface area (Å²) in [6.07, 6.45) is 0.214. The van der Waals surface area contributed by atoms with Crippen molar-refractivity contribution in [3.63, 3.8) is 0 Å². The number of hydrogen-bond acceptors (Lipinski definition) is 5. The molecule has 0 saturated carbocycles. The molecule has 0 bridgehead atoms. The lowest BCUT2D eigenvalue weighted by Crippen LogP contribution is -2.39. The molecule has 0 unspecified atom stereocenters. The largest absolute Gasteiger partial charge is 0.493 e. The van der Waals surface area contributed by atoms with Gasteiger partial charge in [0.25, 0.3) is 5.91 Å². The Labute approximate surface area is 157 Å². The minimum Gasteiger partial charge on any atom is -0.493 e. The molecular weight excluding hydrogens is 346 g/mol. The van der Waals surface area contributed by atoms with Crippen LogP contribution in [0.1, 0.15) is 24.1 Å². The molecule has 0 saturated heterocycles. The van der Waals surface area contributed by atoms with E-state index in [2.05, 4.69) is 5.32 Å². The molecule has 2 aromatic rings. The topological polar surface area (TPSA) is 73.9 Å². The number of carbonyl (C=O) groups excluding carboxylic acids is 2. The van der Waals surface area contributed by atoms with Gasteiger partial charge < -0.3 is 19.5 Å². The molecule has 0 aromatic heterocycles. The molecule has 1 aliphatic rings. The van der Waals surface area contributed by atoms with E-state index < -0.39 is 18.0 Å². The van der Waals surface area contributed by atoms with Crippen LogP contribution in [0.2, 0.25) is 0 Å². The van der Waals surface area contributed by atoms with Gasteiger partial charge in [0.1, 0.15) is 19.5 Å². The van der Waals surface area contributed by atoms with Crippen LogP contribution in [-0.4, -0.2) is 31.2 Å². The van der Waals surface area contributed by atoms with Crippen molar-refractivity contribution in [3.8, 4) is 0 Å². The molecular formula is C21H21NO5. The zero-order valence-corrected chi connectivity index (χ0v) is 15.0. The first kappa shape index (κ1) is 18.5. The van der Waals surface area contributed by atoms with Gasteiger partial charge in [0.05, 0.1) is 6.04 Å². The predicted octanol–water partition coefficient (Wildman–Crippen LogP) is 2.71. The number of benzene rings is 2. The number of esters is 1. The van der Waals surface area contributed by atoms with Gasteiger partial charge in [-0.3, -0.25) is 4.79 Å². The fraction of sp³-hybridized carbons (Fsp3) is 0.238. The van der Waals surface area contributed by atoms with Crippen LogP contribution in [0.4, 0.5) is 0 Å². The summed E-state index contributed by atoms with van der Waals surface area (Å²) in [6.45, 7) is 2.17. The van der Waals surface area contributed by atoms with Crippen LogP contribution in [-0.2, 0) is 23.8 Å². The molecule has 2 aromatic carbocycles. The average Bonchev–Trinajstić information content (AvgIpc) is 2.73. The second-order valence-corrected chi connectivity index (χ2v) is 6.01. The van der Waals surface area contributed by atoms with Crippen LogP contribution in [0.5, 0.6) is 0 Å². The summed E-state index contributed by atoms with van der Waals surface area (Å²) >= 11 is 0. The first-order chi connectivity index (χ1) is 13.1. The van der Waals surface area contributed by atoms with Crippen molar-refractivity contribution < 1.29 is 23.8 Å². The van der Waals surface area contributed by atoms with E-state index in [0.29, 0.717) is 6.61 Å². The number of nitrogens with one attached hydrogen (secondary N) is 1. The van der Waals surface area contributed by atoms with Gasteiger partial charge in [-0.15, -0.1) is 0 Å². The number of carbonyl (C=O) groups is 2. The van der Waals surface area contributed by atoms with E-state index in [4.69, 9.17) is 14.2 Å². The second-order valence-electron chi connectivity index (χ2n) is 6.01. The van der Waals surface area contributed by atoms with Gasteiger partial charge >= 0.3 is 5.97 Å². The van der Waals surface area contributed by atoms with E-state index in [-0.39, 0.29) is 18.4 Å². The van der Waals surface area contributed by atoms with Crippen LogP contribution in [0.15, 0.2) is 72.7 Å². The van der Waals surface area contributed by atoms with E-state index in [1.165, 1.54) is 13.2 Å². The lowest BCUT2D eigenvalue weighted by molar-refractivity contribution is -0.155. The molecule has 3 rings (SSSR count). The summed E-state index contributed by atoms with van der Waals surface area (Å²) in [5, 5.41) is 2.95. The standard InChI is InChI=1S/C21H21NO5/c1-15(27-21(24)18-14-25-12-13-26-18)20(23)22-19(16-8-4-2-5-9-16)17-10-6-3-7-11-17/h2-11,14-15,19H,12-13H2,1H3,(H,22,23)/t15-/m0/s1. The van der Waals surface area contributed by atoms with Crippen molar-refractivity contribution in [1.82, 2.24) is 5.32 Å². The van der Waals surface area contributed by atoms with E-state index in [0.717, 1.165) is 11.1 Å². The zero-order chi connectivity index (χ0) is 19.1. The van der Waals surface area contributed by atoms with Gasteiger partial charge in [-0.2, -0.15) is 0 Å². The Hall–Kier alpha value is -3.28. The number of amides is 1. The predicted molar refractivity (Wildman–Crippen MR) is 98.4 cm³/mol. The molecule has 1 heterocycles. The highest BCUT2D eigenvalue weighted by atomic mass is 16.6. The highest BCUT2D eigenvalue weighted by molar-refractivity contribution is 5.90. The van der Waals surface area contributed by atoms with Crippen LogP contribution < -0.4 is 5.32 Å². The maximum absolute atomic E-state index is 12.6. The monoisotopic (exact) mass is 367 g/mol. The van der Waals surface area contributed by atoms with Crippen LogP contribution in [0, 0.1) is 0 Å². The molecule has 0 spiro atoms. The smallest absolute Gasteiger partial charge is 0.377 e. The molecule has 1 amide bonds. The summed E-state index contributed by atoms with van der Waals surface area (Å²) in [6, 6.07) is 18.9. The lowest BCUT2D eigenvalue weighted by Gasteiger charge is -2.22. The summed E-state index contributed by atoms with van der Waals surface area (Å²) in [4.78, 5) is 24.7. The van der Waals surface area contributed by atoms with E-state index in [1.54, 1.807) is 0 Å². The Balaban J connectivity index is 1.70. The summed E-state index contributed by atoms with van der Waals surface area (Å²) in [7, 11) is 0. The maximum Gasteiger partial charge on any atom is 0.377 e. The van der Waals surface area contributed by atoms with Crippen molar-refractivity contribution >= 4 is 11.9 Å². The minimum atomic E-state index is -0.987. The molecule has 1 N–H and O–H groups in total. The van der Waals surface area contributed by atoms with Crippen LogP contribution in [0.3, 0.4) is 0 Å². The molecule has 0 aliphatic carbocycles. The Morgan fingerprint density at radius 3 is 2.07 bits per heavy atom. The first-order valence-electron chi connectivity index (χ1n) is 8.71. The normalized spacial score (nSPS) is 14.4. The SMILES string of the molecule is C[C@H](OC(=O)C1=COCCO1)C(=O)NC(c1ccccc1)c1ccccc1. The van der Waals surface area contributed by atoms with Crippen molar-refractivity contribution in [2.75, 3.05) is 13.2 Å². The van der Waals surface area contributed by atoms with Crippen molar-refractivity contribution in [1.29, 1.82) is 0 Å². The third kappa shape index (κ3) is 4.88. The highest BCUT2D eigenvalue weighted by Gasteiger charge is 2.25. The molecule has 0 fully saturated rings. The molecule has 27 heavy (non-hydrogen) atoms. The van der Waals surface area contributed by atoms with Gasteiger partial charge in [0.15, 0.2) is 6.10 Å². The quantitative estimate of drug-likeness (QED) is 0.795. The molecule has 6 nitrogen and oxygen atoms in total. The van der Waals surface area contributed by atoms with E-state index >= 15 is 0 Å². The molecule has 1 atom stereocenters. The van der Waals surface area contributed by atoms with Crippen LogP contribution >= 0.6 is 0 Å². The Bertz CT molecular complexity index is 764. The highest BCUT2D eigenvalue weighted by Crippen LogP contribution is 2.22. The summed E-state index contributed by atoms with van der Waals surface area (Å²) in [5.74, 6) is -1.17. The molecule has 1 aliphatic heterocycles. The average molecular weight is 367 g/mol. The van der Waals surface area contributed by atoms with Gasteiger partial charge in [-0.1, -0.05) is 60.7 Å². The number of hydrogen-bond donors (Lipinski definition) is 1. The fourth-order valence-electron chi connectivity index (χ4n) is 2.66. The molecule has 6 heteroatoms.